The van der Waals surface area contributed by atoms with Crippen LogP contribution in [-0.4, -0.2) is 43.7 Å². The second-order valence-electron chi connectivity index (χ2n) is 6.20. The first-order chi connectivity index (χ1) is 10.3. The van der Waals surface area contributed by atoms with Gasteiger partial charge in [0.1, 0.15) is 0 Å². The molecular weight excluding hydrogens is 326 g/mol. The Bertz CT molecular complexity index is 465. The van der Waals surface area contributed by atoms with E-state index in [9.17, 15) is 0 Å². The third kappa shape index (κ3) is 3.99. The molecule has 1 aliphatic heterocycles. The van der Waals surface area contributed by atoms with Crippen molar-refractivity contribution in [3.05, 3.63) is 28.2 Å². The van der Waals surface area contributed by atoms with Gasteiger partial charge in [-0.25, -0.2) is 0 Å². The zero-order valence-electron chi connectivity index (χ0n) is 12.9. The highest BCUT2D eigenvalue weighted by atomic mass is 79.9. The molecule has 4 heteroatoms. The lowest BCUT2D eigenvalue weighted by atomic mass is 10.1. The quantitative estimate of drug-likeness (QED) is 0.793. The molecule has 3 rings (SSSR count). The number of rotatable bonds is 6. The molecular formula is C17H26BrN3. The van der Waals surface area contributed by atoms with Gasteiger partial charge < -0.3 is 10.2 Å². The topological polar surface area (TPSA) is 18.5 Å². The van der Waals surface area contributed by atoms with Crippen LogP contribution in [0, 0.1) is 0 Å². The van der Waals surface area contributed by atoms with E-state index < -0.39 is 0 Å². The molecule has 1 N–H and O–H groups in total. The van der Waals surface area contributed by atoms with Crippen molar-refractivity contribution >= 4 is 21.6 Å². The third-order valence-electron chi connectivity index (χ3n) is 4.50. The number of hydrogen-bond acceptors (Lipinski definition) is 3. The van der Waals surface area contributed by atoms with E-state index in [0.717, 1.165) is 19.1 Å². The fourth-order valence-corrected chi connectivity index (χ4v) is 3.58. The minimum Gasteiger partial charge on any atom is -0.369 e. The average Bonchev–Trinajstić information content (AvgIpc) is 3.33. The Balaban J connectivity index is 1.65. The summed E-state index contributed by atoms with van der Waals surface area (Å²) >= 11 is 3.61. The Morgan fingerprint density at radius 1 is 1.19 bits per heavy atom. The maximum atomic E-state index is 3.61. The molecule has 0 atom stereocenters. The number of halogens is 1. The second kappa shape index (κ2) is 7.12. The van der Waals surface area contributed by atoms with Crippen LogP contribution in [0.4, 0.5) is 5.69 Å². The molecule has 0 spiro atoms. The Morgan fingerprint density at radius 2 is 1.95 bits per heavy atom. The highest BCUT2D eigenvalue weighted by molar-refractivity contribution is 9.10. The lowest BCUT2D eigenvalue weighted by Crippen LogP contribution is -2.47. The van der Waals surface area contributed by atoms with Crippen LogP contribution in [0.3, 0.4) is 0 Å². The van der Waals surface area contributed by atoms with E-state index in [0.29, 0.717) is 0 Å². The van der Waals surface area contributed by atoms with Crippen LogP contribution in [0.25, 0.3) is 0 Å². The van der Waals surface area contributed by atoms with E-state index in [1.807, 2.05) is 0 Å². The molecule has 1 saturated carbocycles. The predicted octanol–water partition coefficient (Wildman–Crippen LogP) is 3.23. The first-order valence-corrected chi connectivity index (χ1v) is 9.05. The fourth-order valence-electron chi connectivity index (χ4n) is 3.17. The summed E-state index contributed by atoms with van der Waals surface area (Å²) in [4.78, 5) is 5.23. The molecule has 21 heavy (non-hydrogen) atoms. The monoisotopic (exact) mass is 351 g/mol. The summed E-state index contributed by atoms with van der Waals surface area (Å²) in [5.74, 6) is 0. The van der Waals surface area contributed by atoms with E-state index in [4.69, 9.17) is 0 Å². The van der Waals surface area contributed by atoms with Crippen molar-refractivity contribution in [2.75, 3.05) is 37.6 Å². The molecule has 1 heterocycles. The maximum absolute atomic E-state index is 3.61. The van der Waals surface area contributed by atoms with Gasteiger partial charge in [-0.2, -0.15) is 0 Å². The molecule has 1 saturated heterocycles. The highest BCUT2D eigenvalue weighted by Gasteiger charge is 2.31. The maximum Gasteiger partial charge on any atom is 0.0413 e. The first-order valence-electron chi connectivity index (χ1n) is 8.26. The van der Waals surface area contributed by atoms with E-state index >= 15 is 0 Å². The van der Waals surface area contributed by atoms with Crippen LogP contribution < -0.4 is 10.2 Å². The van der Waals surface area contributed by atoms with Gasteiger partial charge in [-0.05, 0) is 49.6 Å². The van der Waals surface area contributed by atoms with Crippen LogP contribution in [0.5, 0.6) is 0 Å². The molecule has 0 radical (unpaired) electrons. The summed E-state index contributed by atoms with van der Waals surface area (Å²) in [7, 11) is 0. The van der Waals surface area contributed by atoms with Gasteiger partial charge in [0.2, 0.25) is 0 Å². The molecule has 0 aromatic heterocycles. The second-order valence-corrected chi connectivity index (χ2v) is 7.12. The van der Waals surface area contributed by atoms with E-state index in [1.165, 1.54) is 61.2 Å². The lowest BCUT2D eigenvalue weighted by molar-refractivity contribution is 0.248. The Morgan fingerprint density at radius 3 is 2.62 bits per heavy atom. The van der Waals surface area contributed by atoms with Gasteiger partial charge >= 0.3 is 0 Å². The van der Waals surface area contributed by atoms with Gasteiger partial charge in [-0.1, -0.05) is 22.9 Å². The summed E-state index contributed by atoms with van der Waals surface area (Å²) in [6, 6.07) is 7.62. The zero-order chi connectivity index (χ0) is 14.7. The molecule has 1 aromatic carbocycles. The van der Waals surface area contributed by atoms with Crippen molar-refractivity contribution in [2.24, 2.45) is 0 Å². The normalized spacial score (nSPS) is 20.0. The fraction of sp³-hybridized carbons (Fsp3) is 0.647. The first kappa shape index (κ1) is 15.3. The van der Waals surface area contributed by atoms with Crippen LogP contribution in [0.15, 0.2) is 22.7 Å². The summed E-state index contributed by atoms with van der Waals surface area (Å²) < 4.78 is 1.18. The number of anilines is 1. The molecule has 1 aromatic rings. The molecule has 1 aliphatic carbocycles. The summed E-state index contributed by atoms with van der Waals surface area (Å²) in [6.45, 7) is 9.04. The van der Waals surface area contributed by atoms with Gasteiger partial charge in [0.25, 0.3) is 0 Å². The minimum atomic E-state index is 0.905. The number of piperazine rings is 1. The Labute approximate surface area is 136 Å². The number of benzene rings is 1. The van der Waals surface area contributed by atoms with Crippen LogP contribution in [0.2, 0.25) is 0 Å². The molecule has 2 aliphatic rings. The number of nitrogens with zero attached hydrogens (tertiary/aromatic N) is 2. The zero-order valence-corrected chi connectivity index (χ0v) is 14.5. The summed E-state index contributed by atoms with van der Waals surface area (Å²) in [6.07, 6.45) is 4.03. The molecule has 0 unspecified atom stereocenters. The molecule has 0 amide bonds. The smallest absolute Gasteiger partial charge is 0.0413 e. The number of nitrogens with one attached hydrogen (secondary N) is 1. The highest BCUT2D eigenvalue weighted by Crippen LogP contribution is 2.30. The largest absolute Gasteiger partial charge is 0.369 e. The van der Waals surface area contributed by atoms with E-state index in [1.54, 1.807) is 0 Å². The van der Waals surface area contributed by atoms with Gasteiger partial charge in [-0.15, -0.1) is 0 Å². The van der Waals surface area contributed by atoms with Crippen LogP contribution in [-0.2, 0) is 6.54 Å². The minimum absolute atomic E-state index is 0.905. The van der Waals surface area contributed by atoms with Gasteiger partial charge in [-0.3, -0.25) is 4.90 Å². The Hall–Kier alpha value is -0.580. The van der Waals surface area contributed by atoms with Crippen molar-refractivity contribution < 1.29 is 0 Å². The van der Waals surface area contributed by atoms with Crippen molar-refractivity contribution in [1.82, 2.24) is 10.2 Å². The average molecular weight is 352 g/mol. The van der Waals surface area contributed by atoms with Crippen LogP contribution >= 0.6 is 15.9 Å². The molecule has 0 bridgehead atoms. The molecule has 3 nitrogen and oxygen atoms in total. The van der Waals surface area contributed by atoms with Crippen molar-refractivity contribution in [3.63, 3.8) is 0 Å². The van der Waals surface area contributed by atoms with Gasteiger partial charge in [0.05, 0.1) is 0 Å². The summed E-state index contributed by atoms with van der Waals surface area (Å²) in [5, 5.41) is 3.54. The van der Waals surface area contributed by atoms with Crippen molar-refractivity contribution in [3.8, 4) is 0 Å². The summed E-state index contributed by atoms with van der Waals surface area (Å²) in [5.41, 5.74) is 2.83. The SMILES string of the molecule is CCCNCc1cc(Br)ccc1N1CCN(C2CC2)CC1. The van der Waals surface area contributed by atoms with Gasteiger partial charge in [0, 0.05) is 48.9 Å². The standard InChI is InChI=1S/C17H26BrN3/c1-2-7-19-13-14-12-15(18)3-6-17(14)21-10-8-20(9-11-21)16-4-5-16/h3,6,12,16,19H,2,4-5,7-11,13H2,1H3. The van der Waals surface area contributed by atoms with Gasteiger partial charge in [0.15, 0.2) is 0 Å². The van der Waals surface area contributed by atoms with Crippen LogP contribution in [0.1, 0.15) is 31.7 Å². The Kier molecular flexibility index (Phi) is 5.19. The third-order valence-corrected chi connectivity index (χ3v) is 5.00. The lowest BCUT2D eigenvalue weighted by Gasteiger charge is -2.37. The molecule has 116 valence electrons. The number of hydrogen-bond donors (Lipinski definition) is 1. The van der Waals surface area contributed by atoms with Crippen molar-refractivity contribution in [1.29, 1.82) is 0 Å². The predicted molar refractivity (Wildman–Crippen MR) is 92.9 cm³/mol. The van der Waals surface area contributed by atoms with E-state index in [-0.39, 0.29) is 0 Å². The van der Waals surface area contributed by atoms with E-state index in [2.05, 4.69) is 56.2 Å². The van der Waals surface area contributed by atoms with Crippen molar-refractivity contribution in [2.45, 2.75) is 38.8 Å². The molecule has 2 fully saturated rings.